The van der Waals surface area contributed by atoms with Crippen molar-refractivity contribution in [3.8, 4) is 11.5 Å². The third-order valence-corrected chi connectivity index (χ3v) is 4.74. The lowest BCUT2D eigenvalue weighted by atomic mass is 10.1. The highest BCUT2D eigenvalue weighted by atomic mass is 32.2. The van der Waals surface area contributed by atoms with Gasteiger partial charge in [0.1, 0.15) is 11.5 Å². The van der Waals surface area contributed by atoms with Crippen molar-refractivity contribution in [3.63, 3.8) is 0 Å². The van der Waals surface area contributed by atoms with Crippen molar-refractivity contribution < 1.29 is 14.2 Å². The van der Waals surface area contributed by atoms with Crippen LogP contribution in [-0.2, 0) is 11.3 Å². The zero-order valence-electron chi connectivity index (χ0n) is 13.3. The van der Waals surface area contributed by atoms with Crippen molar-refractivity contribution in [3.05, 3.63) is 17.7 Å². The second kappa shape index (κ2) is 7.92. The molecule has 1 aromatic rings. The van der Waals surface area contributed by atoms with Crippen molar-refractivity contribution in [1.82, 2.24) is 4.90 Å². The topological polar surface area (TPSA) is 30.9 Å². The average Bonchev–Trinajstić information content (AvgIpc) is 2.54. The average molecular weight is 311 g/mol. The number of rotatable bonds is 6. The first kappa shape index (κ1) is 16.5. The van der Waals surface area contributed by atoms with E-state index in [1.54, 1.807) is 26.0 Å². The largest absolute Gasteiger partial charge is 0.496 e. The number of methoxy groups -OCH3 is 2. The van der Waals surface area contributed by atoms with Crippen LogP contribution in [0.1, 0.15) is 18.9 Å². The van der Waals surface area contributed by atoms with Gasteiger partial charge in [0.25, 0.3) is 0 Å². The molecule has 2 rings (SSSR count). The summed E-state index contributed by atoms with van der Waals surface area (Å²) in [6, 6.07) is 4.65. The van der Waals surface area contributed by atoms with Gasteiger partial charge < -0.3 is 14.2 Å². The summed E-state index contributed by atoms with van der Waals surface area (Å²) in [6.45, 7) is 5.67. The molecule has 4 nitrogen and oxygen atoms in total. The molecule has 1 saturated heterocycles. The molecule has 1 fully saturated rings. The van der Waals surface area contributed by atoms with E-state index in [1.165, 1.54) is 5.56 Å². The van der Waals surface area contributed by atoms with Crippen LogP contribution in [0.3, 0.4) is 0 Å². The molecule has 0 radical (unpaired) electrons. The summed E-state index contributed by atoms with van der Waals surface area (Å²) in [5.41, 5.74) is 1.17. The van der Waals surface area contributed by atoms with Crippen LogP contribution in [0.5, 0.6) is 11.5 Å². The van der Waals surface area contributed by atoms with Gasteiger partial charge in [-0.15, -0.1) is 11.8 Å². The van der Waals surface area contributed by atoms with E-state index in [9.17, 15) is 0 Å². The zero-order valence-corrected chi connectivity index (χ0v) is 14.2. The van der Waals surface area contributed by atoms with E-state index in [-0.39, 0.29) is 0 Å². The van der Waals surface area contributed by atoms with Crippen molar-refractivity contribution >= 4 is 11.8 Å². The maximum absolute atomic E-state index is 5.58. The first-order valence-corrected chi connectivity index (χ1v) is 8.56. The summed E-state index contributed by atoms with van der Waals surface area (Å²) >= 11 is 1.67. The van der Waals surface area contributed by atoms with Crippen molar-refractivity contribution in [2.45, 2.75) is 30.8 Å². The number of nitrogens with zero attached hydrogens (tertiary/aromatic N) is 1. The first-order valence-electron chi connectivity index (χ1n) is 7.34. The summed E-state index contributed by atoms with van der Waals surface area (Å²) < 4.78 is 16.6. The summed E-state index contributed by atoms with van der Waals surface area (Å²) in [7, 11) is 3.45. The molecule has 1 heterocycles. The van der Waals surface area contributed by atoms with Crippen LogP contribution in [-0.4, -0.2) is 51.2 Å². The molecule has 1 aliphatic rings. The fourth-order valence-corrected chi connectivity index (χ4v) is 3.28. The standard InChI is InChI=1S/C16H25NO3S/c1-5-13-11-20-7-6-17(13)10-12-8-15(19-3)16(21-4)9-14(12)18-2/h8-9,13H,5-7,10-11H2,1-4H3/t13-/m0/s1. The molecular formula is C16H25NO3S. The van der Waals surface area contributed by atoms with Crippen molar-refractivity contribution in [1.29, 1.82) is 0 Å². The molecular weight excluding hydrogens is 286 g/mol. The molecule has 118 valence electrons. The predicted molar refractivity (Wildman–Crippen MR) is 86.6 cm³/mol. The van der Waals surface area contributed by atoms with E-state index in [0.717, 1.165) is 49.1 Å². The van der Waals surface area contributed by atoms with Crippen LogP contribution in [0.2, 0.25) is 0 Å². The fraction of sp³-hybridized carbons (Fsp3) is 0.625. The molecule has 1 aromatic carbocycles. The van der Waals surface area contributed by atoms with Gasteiger partial charge in [-0.05, 0) is 24.8 Å². The molecule has 0 N–H and O–H groups in total. The maximum atomic E-state index is 5.58. The second-order valence-corrected chi connectivity index (χ2v) is 5.97. The van der Waals surface area contributed by atoms with Crippen LogP contribution in [0.15, 0.2) is 17.0 Å². The molecule has 0 spiro atoms. The molecule has 5 heteroatoms. The normalized spacial score (nSPS) is 19.5. The predicted octanol–water partition coefficient (Wildman–Crippen LogP) is 3.04. The molecule has 0 unspecified atom stereocenters. The van der Waals surface area contributed by atoms with Crippen molar-refractivity contribution in [2.75, 3.05) is 40.2 Å². The maximum Gasteiger partial charge on any atom is 0.132 e. The number of morpholine rings is 1. The van der Waals surface area contributed by atoms with Gasteiger partial charge in [-0.3, -0.25) is 4.90 Å². The van der Waals surface area contributed by atoms with Crippen LogP contribution < -0.4 is 9.47 Å². The summed E-state index contributed by atoms with van der Waals surface area (Å²) in [6.07, 6.45) is 3.15. The molecule has 0 aliphatic carbocycles. The molecule has 0 amide bonds. The van der Waals surface area contributed by atoms with Gasteiger partial charge in [0.15, 0.2) is 0 Å². The van der Waals surface area contributed by atoms with E-state index in [4.69, 9.17) is 14.2 Å². The Morgan fingerprint density at radius 3 is 2.67 bits per heavy atom. The van der Waals surface area contributed by atoms with Gasteiger partial charge in [-0.2, -0.15) is 0 Å². The highest BCUT2D eigenvalue weighted by molar-refractivity contribution is 7.98. The zero-order chi connectivity index (χ0) is 15.2. The quantitative estimate of drug-likeness (QED) is 0.754. The van der Waals surface area contributed by atoms with E-state index < -0.39 is 0 Å². The lowest BCUT2D eigenvalue weighted by Gasteiger charge is -2.35. The van der Waals surface area contributed by atoms with E-state index >= 15 is 0 Å². The van der Waals surface area contributed by atoms with E-state index in [2.05, 4.69) is 24.0 Å². The molecule has 1 atom stereocenters. The number of ether oxygens (including phenoxy) is 3. The van der Waals surface area contributed by atoms with E-state index in [0.29, 0.717) is 6.04 Å². The second-order valence-electron chi connectivity index (χ2n) is 5.13. The lowest BCUT2D eigenvalue weighted by Crippen LogP contribution is -2.44. The number of hydrogen-bond acceptors (Lipinski definition) is 5. The third kappa shape index (κ3) is 3.84. The number of hydrogen-bond donors (Lipinski definition) is 0. The Labute approximate surface area is 131 Å². The van der Waals surface area contributed by atoms with Crippen LogP contribution in [0.4, 0.5) is 0 Å². The Morgan fingerprint density at radius 1 is 1.29 bits per heavy atom. The molecule has 0 aromatic heterocycles. The molecule has 0 bridgehead atoms. The van der Waals surface area contributed by atoms with E-state index in [1.807, 2.05) is 6.26 Å². The van der Waals surface area contributed by atoms with Crippen LogP contribution >= 0.6 is 11.8 Å². The number of thioether (sulfide) groups is 1. The monoisotopic (exact) mass is 311 g/mol. The molecule has 21 heavy (non-hydrogen) atoms. The fourth-order valence-electron chi connectivity index (χ4n) is 2.71. The Kier molecular flexibility index (Phi) is 6.21. The van der Waals surface area contributed by atoms with Gasteiger partial charge in [-0.25, -0.2) is 0 Å². The third-order valence-electron chi connectivity index (χ3n) is 3.98. The molecule has 0 saturated carbocycles. The van der Waals surface area contributed by atoms with Gasteiger partial charge in [0, 0.05) is 24.7 Å². The smallest absolute Gasteiger partial charge is 0.132 e. The Bertz CT molecular complexity index is 467. The first-order chi connectivity index (χ1) is 10.2. The summed E-state index contributed by atoms with van der Waals surface area (Å²) in [5, 5.41) is 0. The van der Waals surface area contributed by atoms with Crippen LogP contribution in [0, 0.1) is 0 Å². The highest BCUT2D eigenvalue weighted by Crippen LogP contribution is 2.35. The minimum Gasteiger partial charge on any atom is -0.496 e. The van der Waals surface area contributed by atoms with Gasteiger partial charge in [0.2, 0.25) is 0 Å². The van der Waals surface area contributed by atoms with Crippen molar-refractivity contribution in [2.24, 2.45) is 0 Å². The van der Waals surface area contributed by atoms with Gasteiger partial charge >= 0.3 is 0 Å². The lowest BCUT2D eigenvalue weighted by molar-refractivity contribution is -0.0130. The Morgan fingerprint density at radius 2 is 2.05 bits per heavy atom. The minimum atomic E-state index is 0.481. The Balaban J connectivity index is 2.25. The Hall–Kier alpha value is -0.910. The minimum absolute atomic E-state index is 0.481. The van der Waals surface area contributed by atoms with Crippen LogP contribution in [0.25, 0.3) is 0 Å². The molecule has 1 aliphatic heterocycles. The SMILES string of the molecule is CC[C@H]1COCCN1Cc1cc(OC)c(SC)cc1OC. The summed E-state index contributed by atoms with van der Waals surface area (Å²) in [4.78, 5) is 3.58. The van der Waals surface area contributed by atoms with Gasteiger partial charge in [-0.1, -0.05) is 6.92 Å². The number of benzene rings is 1. The van der Waals surface area contributed by atoms with Gasteiger partial charge in [0.05, 0.1) is 32.3 Å². The highest BCUT2D eigenvalue weighted by Gasteiger charge is 2.23. The summed E-state index contributed by atoms with van der Waals surface area (Å²) in [5.74, 6) is 1.85.